The third-order valence-corrected chi connectivity index (χ3v) is 3.74. The second-order valence-corrected chi connectivity index (χ2v) is 5.95. The van der Waals surface area contributed by atoms with Crippen LogP contribution in [0, 0.1) is 19.9 Å². The van der Waals surface area contributed by atoms with Gasteiger partial charge in [0.25, 0.3) is 0 Å². The number of nitrogens with two attached hydrogens (primary N) is 1. The standard InChI is InChI=1S/C11H9FI2N4/c1-6-5-18(11(15)17-6)16-4-7-2-8(13)10(12)9(14)3-7/h2-5H,1H3,(H2,15,17). The molecule has 0 aliphatic carbocycles. The van der Waals surface area contributed by atoms with Crippen LogP contribution in [-0.2, 0) is 0 Å². The summed E-state index contributed by atoms with van der Waals surface area (Å²) in [4.78, 5) is 4.04. The van der Waals surface area contributed by atoms with Crippen molar-refractivity contribution in [2.75, 3.05) is 5.73 Å². The fourth-order valence-electron chi connectivity index (χ4n) is 1.37. The largest absolute Gasteiger partial charge is 0.368 e. The number of anilines is 1. The molecule has 0 unspecified atom stereocenters. The van der Waals surface area contributed by atoms with Gasteiger partial charge in [0.2, 0.25) is 5.95 Å². The van der Waals surface area contributed by atoms with Crippen LogP contribution in [0.3, 0.4) is 0 Å². The summed E-state index contributed by atoms with van der Waals surface area (Å²) in [5, 5.41) is 4.18. The molecular weight excluding hydrogens is 461 g/mol. The van der Waals surface area contributed by atoms with E-state index in [1.165, 1.54) is 4.68 Å². The van der Waals surface area contributed by atoms with E-state index in [9.17, 15) is 4.39 Å². The van der Waals surface area contributed by atoms with Crippen LogP contribution in [0.15, 0.2) is 23.4 Å². The maximum absolute atomic E-state index is 13.4. The number of nitrogen functional groups attached to an aromatic ring is 1. The highest BCUT2D eigenvalue weighted by Crippen LogP contribution is 2.19. The SMILES string of the molecule is Cc1cn(N=Cc2cc(I)c(F)c(I)c2)c(N)n1. The highest BCUT2D eigenvalue weighted by Gasteiger charge is 2.05. The first kappa shape index (κ1) is 13.7. The van der Waals surface area contributed by atoms with Gasteiger partial charge < -0.3 is 5.73 Å². The summed E-state index contributed by atoms with van der Waals surface area (Å²) in [5.41, 5.74) is 7.28. The number of aryl methyl sites for hydroxylation is 1. The Morgan fingerprint density at radius 2 is 2.00 bits per heavy atom. The van der Waals surface area contributed by atoms with E-state index in [1.807, 2.05) is 52.1 Å². The highest BCUT2D eigenvalue weighted by atomic mass is 127. The van der Waals surface area contributed by atoms with Crippen molar-refractivity contribution in [3.63, 3.8) is 0 Å². The van der Waals surface area contributed by atoms with Gasteiger partial charge in [-0.25, -0.2) is 14.1 Å². The number of hydrogen-bond acceptors (Lipinski definition) is 3. The molecular formula is C11H9FI2N4. The molecule has 0 atom stereocenters. The zero-order valence-corrected chi connectivity index (χ0v) is 13.7. The van der Waals surface area contributed by atoms with Crippen molar-refractivity contribution in [2.24, 2.45) is 5.10 Å². The molecule has 1 aromatic heterocycles. The molecule has 7 heteroatoms. The molecule has 2 aromatic rings. The van der Waals surface area contributed by atoms with Crippen LogP contribution < -0.4 is 5.73 Å². The van der Waals surface area contributed by atoms with E-state index in [0.29, 0.717) is 13.1 Å². The molecule has 0 aliphatic rings. The van der Waals surface area contributed by atoms with Gasteiger partial charge in [0.15, 0.2) is 0 Å². The number of hydrogen-bond donors (Lipinski definition) is 1. The van der Waals surface area contributed by atoms with Gasteiger partial charge in [0.05, 0.1) is 25.2 Å². The van der Waals surface area contributed by atoms with E-state index in [-0.39, 0.29) is 5.82 Å². The van der Waals surface area contributed by atoms with Gasteiger partial charge in [-0.3, -0.25) is 0 Å². The van der Waals surface area contributed by atoms with Crippen LogP contribution in [-0.4, -0.2) is 15.9 Å². The van der Waals surface area contributed by atoms with E-state index < -0.39 is 0 Å². The van der Waals surface area contributed by atoms with E-state index in [4.69, 9.17) is 5.73 Å². The summed E-state index contributed by atoms with van der Waals surface area (Å²) in [5.74, 6) is 0.126. The van der Waals surface area contributed by atoms with E-state index in [0.717, 1.165) is 11.3 Å². The summed E-state index contributed by atoms with van der Waals surface area (Å²) in [6, 6.07) is 3.45. The molecule has 2 rings (SSSR count). The number of rotatable bonds is 2. The summed E-state index contributed by atoms with van der Waals surface area (Å²) >= 11 is 3.91. The lowest BCUT2D eigenvalue weighted by Crippen LogP contribution is -1.98. The maximum atomic E-state index is 13.4. The van der Waals surface area contributed by atoms with Gasteiger partial charge in [0, 0.05) is 0 Å². The smallest absolute Gasteiger partial charge is 0.221 e. The Morgan fingerprint density at radius 1 is 1.39 bits per heavy atom. The predicted octanol–water partition coefficient (Wildman–Crippen LogP) is 3.00. The average molecular weight is 470 g/mol. The minimum atomic E-state index is -0.202. The molecule has 1 aromatic carbocycles. The van der Waals surface area contributed by atoms with Crippen molar-refractivity contribution >= 4 is 57.3 Å². The third kappa shape index (κ3) is 2.99. The van der Waals surface area contributed by atoms with Crippen LogP contribution in [0.5, 0.6) is 0 Å². The van der Waals surface area contributed by atoms with Crippen molar-refractivity contribution in [3.8, 4) is 0 Å². The Balaban J connectivity index is 2.32. The second-order valence-electron chi connectivity index (χ2n) is 3.63. The van der Waals surface area contributed by atoms with Crippen molar-refractivity contribution in [3.05, 3.63) is 42.5 Å². The third-order valence-electron chi connectivity index (χ3n) is 2.17. The molecule has 0 bridgehead atoms. The molecule has 1 heterocycles. The summed E-state index contributed by atoms with van der Waals surface area (Å²) in [6.07, 6.45) is 3.35. The fraction of sp³-hybridized carbons (Fsp3) is 0.0909. The number of imidazole rings is 1. The molecule has 0 radical (unpaired) electrons. The number of halogens is 3. The van der Waals surface area contributed by atoms with Crippen molar-refractivity contribution in [2.45, 2.75) is 6.92 Å². The molecule has 0 saturated carbocycles. The van der Waals surface area contributed by atoms with Gasteiger partial charge in [0.1, 0.15) is 5.82 Å². The second kappa shape index (κ2) is 5.51. The Morgan fingerprint density at radius 3 is 2.50 bits per heavy atom. The van der Waals surface area contributed by atoms with E-state index >= 15 is 0 Å². The summed E-state index contributed by atoms with van der Waals surface area (Å²) < 4.78 is 16.1. The Bertz CT molecular complexity index is 598. The molecule has 0 spiro atoms. The molecule has 2 N–H and O–H groups in total. The monoisotopic (exact) mass is 470 g/mol. The van der Waals surface area contributed by atoms with Gasteiger partial charge >= 0.3 is 0 Å². The van der Waals surface area contributed by atoms with Crippen LogP contribution in [0.1, 0.15) is 11.3 Å². The number of nitrogens with zero attached hydrogens (tertiary/aromatic N) is 3. The fourth-order valence-corrected chi connectivity index (χ4v) is 3.19. The first-order valence-corrected chi connectivity index (χ1v) is 7.13. The first-order valence-electron chi connectivity index (χ1n) is 4.97. The lowest BCUT2D eigenvalue weighted by atomic mass is 10.2. The van der Waals surface area contributed by atoms with Crippen LogP contribution in [0.4, 0.5) is 10.3 Å². The van der Waals surface area contributed by atoms with Gasteiger partial charge in [-0.1, -0.05) is 0 Å². The van der Waals surface area contributed by atoms with Gasteiger partial charge in [-0.2, -0.15) is 5.10 Å². The van der Waals surface area contributed by atoms with Crippen LogP contribution in [0.25, 0.3) is 0 Å². The van der Waals surface area contributed by atoms with Crippen molar-refractivity contribution in [1.82, 2.24) is 9.66 Å². The Hall–Kier alpha value is -0.710. The molecule has 94 valence electrons. The maximum Gasteiger partial charge on any atom is 0.221 e. The first-order chi connectivity index (χ1) is 8.47. The lowest BCUT2D eigenvalue weighted by molar-refractivity contribution is 0.612. The molecule has 0 amide bonds. The summed E-state index contributed by atoms with van der Waals surface area (Å²) in [7, 11) is 0. The molecule has 0 fully saturated rings. The zero-order valence-electron chi connectivity index (χ0n) is 9.36. The van der Waals surface area contributed by atoms with Crippen molar-refractivity contribution < 1.29 is 4.39 Å². The minimum Gasteiger partial charge on any atom is -0.368 e. The summed E-state index contributed by atoms with van der Waals surface area (Å²) in [6.45, 7) is 1.84. The van der Waals surface area contributed by atoms with E-state index in [1.54, 1.807) is 24.5 Å². The molecule has 0 saturated heterocycles. The van der Waals surface area contributed by atoms with Gasteiger partial charge in [-0.05, 0) is 69.8 Å². The quantitative estimate of drug-likeness (QED) is 0.417. The average Bonchev–Trinajstić information content (AvgIpc) is 2.62. The van der Waals surface area contributed by atoms with Crippen LogP contribution >= 0.6 is 45.2 Å². The molecule has 18 heavy (non-hydrogen) atoms. The lowest BCUT2D eigenvalue weighted by Gasteiger charge is -2.00. The molecule has 0 aliphatic heterocycles. The minimum absolute atomic E-state index is 0.202. The Kier molecular flexibility index (Phi) is 4.20. The normalized spacial score (nSPS) is 11.3. The highest BCUT2D eigenvalue weighted by molar-refractivity contribution is 14.1. The van der Waals surface area contributed by atoms with E-state index in [2.05, 4.69) is 10.1 Å². The van der Waals surface area contributed by atoms with Gasteiger partial charge in [-0.15, -0.1) is 0 Å². The van der Waals surface area contributed by atoms with Crippen LogP contribution in [0.2, 0.25) is 0 Å². The predicted molar refractivity (Wildman–Crippen MR) is 86.2 cm³/mol. The van der Waals surface area contributed by atoms with Crippen molar-refractivity contribution in [1.29, 1.82) is 0 Å². The topological polar surface area (TPSA) is 56.2 Å². The Labute approximate surface area is 131 Å². The molecule has 4 nitrogen and oxygen atoms in total. The number of aromatic nitrogens is 2. The zero-order chi connectivity index (χ0) is 13.3. The number of benzene rings is 1.